The van der Waals surface area contributed by atoms with Crippen LogP contribution in [0.15, 0.2) is 18.2 Å². The number of thiazole rings is 1. The van der Waals surface area contributed by atoms with Crippen LogP contribution >= 0.6 is 11.3 Å². The van der Waals surface area contributed by atoms with E-state index in [1.54, 1.807) is 11.3 Å². The van der Waals surface area contributed by atoms with Crippen LogP contribution in [-0.2, 0) is 0 Å². The summed E-state index contributed by atoms with van der Waals surface area (Å²) in [6, 6.07) is 6.73. The first kappa shape index (κ1) is 14.1. The molecule has 0 saturated carbocycles. The molecule has 3 heteroatoms. The summed E-state index contributed by atoms with van der Waals surface area (Å²) >= 11 is 1.56. The lowest BCUT2D eigenvalue weighted by Gasteiger charge is -2.15. The molecule has 0 spiro atoms. The third-order valence-electron chi connectivity index (χ3n) is 3.43. The van der Waals surface area contributed by atoms with E-state index < -0.39 is 0 Å². The largest absolute Gasteiger partial charge is 0.375 e. The second-order valence-electron chi connectivity index (χ2n) is 5.61. The lowest BCUT2D eigenvalue weighted by atomic mass is 9.90. The molecule has 19 heavy (non-hydrogen) atoms. The van der Waals surface area contributed by atoms with Crippen molar-refractivity contribution in [3.8, 4) is 11.3 Å². The monoisotopic (exact) mass is 274 g/mol. The first-order valence-electron chi connectivity index (χ1n) is 6.77. The van der Waals surface area contributed by atoms with E-state index in [1.165, 1.54) is 21.6 Å². The van der Waals surface area contributed by atoms with Gasteiger partial charge in [-0.3, -0.25) is 0 Å². The summed E-state index contributed by atoms with van der Waals surface area (Å²) in [5.41, 5.74) is 10.8. The minimum Gasteiger partial charge on any atom is -0.375 e. The van der Waals surface area contributed by atoms with E-state index in [-0.39, 0.29) is 0 Å². The Balaban J connectivity index is 2.60. The molecule has 2 N–H and O–H groups in total. The normalized spacial score (nSPS) is 11.5. The van der Waals surface area contributed by atoms with Gasteiger partial charge in [0.25, 0.3) is 0 Å². The average molecular weight is 274 g/mol. The molecule has 0 saturated heterocycles. The maximum Gasteiger partial charge on any atom is 0.180 e. The molecule has 0 unspecified atom stereocenters. The van der Waals surface area contributed by atoms with Gasteiger partial charge in [-0.15, -0.1) is 11.3 Å². The third kappa shape index (κ3) is 2.81. The van der Waals surface area contributed by atoms with Gasteiger partial charge in [0, 0.05) is 10.4 Å². The summed E-state index contributed by atoms with van der Waals surface area (Å²) in [5, 5.41) is 0.648. The number of hydrogen-bond acceptors (Lipinski definition) is 3. The van der Waals surface area contributed by atoms with Gasteiger partial charge in [0.1, 0.15) is 0 Å². The molecule has 0 fully saturated rings. The van der Waals surface area contributed by atoms with Crippen molar-refractivity contribution in [3.05, 3.63) is 34.2 Å². The van der Waals surface area contributed by atoms with Gasteiger partial charge in [0.05, 0.1) is 5.69 Å². The first-order chi connectivity index (χ1) is 8.90. The minimum atomic E-state index is 0.482. The Morgan fingerprint density at radius 1 is 1.11 bits per heavy atom. The molecule has 1 aromatic carbocycles. The fourth-order valence-corrected chi connectivity index (χ4v) is 3.00. The molecular formula is C16H22N2S. The van der Waals surface area contributed by atoms with Gasteiger partial charge < -0.3 is 5.73 Å². The molecule has 1 aromatic heterocycles. The average Bonchev–Trinajstić information content (AvgIpc) is 2.67. The summed E-state index contributed by atoms with van der Waals surface area (Å²) in [4.78, 5) is 5.69. The quantitative estimate of drug-likeness (QED) is 0.860. The van der Waals surface area contributed by atoms with Gasteiger partial charge in [-0.25, -0.2) is 4.98 Å². The van der Waals surface area contributed by atoms with Crippen molar-refractivity contribution in [2.45, 2.75) is 46.5 Å². The number of benzene rings is 1. The molecule has 0 radical (unpaired) electrons. The first-order valence-corrected chi connectivity index (χ1v) is 7.59. The Morgan fingerprint density at radius 3 is 2.26 bits per heavy atom. The number of anilines is 1. The molecule has 2 aromatic rings. The van der Waals surface area contributed by atoms with Gasteiger partial charge in [-0.2, -0.15) is 0 Å². The highest BCUT2D eigenvalue weighted by Crippen LogP contribution is 2.35. The number of nitrogen functional groups attached to an aromatic ring is 1. The van der Waals surface area contributed by atoms with Gasteiger partial charge in [-0.05, 0) is 29.9 Å². The lowest BCUT2D eigenvalue weighted by Crippen LogP contribution is -1.97. The van der Waals surface area contributed by atoms with E-state index >= 15 is 0 Å². The number of rotatable bonds is 3. The van der Waals surface area contributed by atoms with Gasteiger partial charge in [-0.1, -0.05) is 45.9 Å². The third-order valence-corrected chi connectivity index (χ3v) is 4.23. The van der Waals surface area contributed by atoms with E-state index in [1.807, 2.05) is 0 Å². The topological polar surface area (TPSA) is 38.9 Å². The molecule has 0 aliphatic rings. The summed E-state index contributed by atoms with van der Waals surface area (Å²) < 4.78 is 0. The Kier molecular flexibility index (Phi) is 3.95. The van der Waals surface area contributed by atoms with Crippen LogP contribution in [0.2, 0.25) is 0 Å². The predicted molar refractivity (Wildman–Crippen MR) is 84.9 cm³/mol. The Morgan fingerprint density at radius 2 is 1.79 bits per heavy atom. The number of aryl methyl sites for hydroxylation is 1. The molecule has 2 nitrogen and oxygen atoms in total. The summed E-state index contributed by atoms with van der Waals surface area (Å²) in [7, 11) is 0. The molecule has 2 rings (SSSR count). The van der Waals surface area contributed by atoms with Crippen LogP contribution < -0.4 is 5.73 Å². The number of nitrogens with two attached hydrogens (primary N) is 1. The van der Waals surface area contributed by atoms with E-state index in [0.29, 0.717) is 17.0 Å². The highest BCUT2D eigenvalue weighted by atomic mass is 32.1. The summed E-state index contributed by atoms with van der Waals surface area (Å²) in [5.74, 6) is 1.03. The molecule has 1 heterocycles. The zero-order valence-electron chi connectivity index (χ0n) is 12.3. The van der Waals surface area contributed by atoms with Crippen LogP contribution in [0.4, 0.5) is 5.13 Å². The Bertz CT molecular complexity index is 582. The van der Waals surface area contributed by atoms with E-state index in [2.05, 4.69) is 57.8 Å². The smallest absolute Gasteiger partial charge is 0.180 e. The molecule has 0 atom stereocenters. The van der Waals surface area contributed by atoms with Crippen molar-refractivity contribution in [1.29, 1.82) is 0 Å². The highest BCUT2D eigenvalue weighted by molar-refractivity contribution is 7.15. The van der Waals surface area contributed by atoms with Gasteiger partial charge >= 0.3 is 0 Å². The van der Waals surface area contributed by atoms with Crippen LogP contribution in [-0.4, -0.2) is 4.98 Å². The van der Waals surface area contributed by atoms with Crippen LogP contribution in [0.3, 0.4) is 0 Å². The van der Waals surface area contributed by atoms with Gasteiger partial charge in [0.2, 0.25) is 0 Å². The summed E-state index contributed by atoms with van der Waals surface area (Å²) in [6.07, 6.45) is 0. The van der Waals surface area contributed by atoms with E-state index in [0.717, 1.165) is 5.69 Å². The van der Waals surface area contributed by atoms with Crippen molar-refractivity contribution in [1.82, 2.24) is 4.98 Å². The minimum absolute atomic E-state index is 0.482. The van der Waals surface area contributed by atoms with Crippen LogP contribution in [0.5, 0.6) is 0 Å². The van der Waals surface area contributed by atoms with Crippen molar-refractivity contribution < 1.29 is 0 Å². The maximum atomic E-state index is 5.83. The summed E-state index contributed by atoms with van der Waals surface area (Å²) in [6.45, 7) is 11.0. The molecule has 102 valence electrons. The van der Waals surface area contributed by atoms with Crippen molar-refractivity contribution in [2.24, 2.45) is 0 Å². The molecule has 0 aliphatic carbocycles. The van der Waals surface area contributed by atoms with Crippen molar-refractivity contribution >= 4 is 16.5 Å². The van der Waals surface area contributed by atoms with Gasteiger partial charge in [0.15, 0.2) is 5.13 Å². The second kappa shape index (κ2) is 5.33. The number of aromatic nitrogens is 1. The molecular weight excluding hydrogens is 252 g/mol. The van der Waals surface area contributed by atoms with Crippen LogP contribution in [0.25, 0.3) is 11.3 Å². The molecule has 0 bridgehead atoms. The maximum absolute atomic E-state index is 5.83. The second-order valence-corrected chi connectivity index (χ2v) is 6.85. The Labute approximate surface area is 119 Å². The SMILES string of the molecule is Cc1sc(N)nc1-c1ccc(C(C)C)cc1C(C)C. The zero-order valence-corrected chi connectivity index (χ0v) is 13.1. The standard InChI is InChI=1S/C16H22N2S/c1-9(2)12-6-7-13(14(8-12)10(3)4)15-11(5)19-16(17)18-15/h6-10H,1-5H3,(H2,17,18). The van der Waals surface area contributed by atoms with Crippen LogP contribution in [0.1, 0.15) is 55.5 Å². The highest BCUT2D eigenvalue weighted by Gasteiger charge is 2.15. The van der Waals surface area contributed by atoms with Crippen molar-refractivity contribution in [2.75, 3.05) is 5.73 Å². The fraction of sp³-hybridized carbons (Fsp3) is 0.438. The Hall–Kier alpha value is -1.35. The molecule has 0 aliphatic heterocycles. The number of hydrogen-bond donors (Lipinski definition) is 1. The molecule has 0 amide bonds. The van der Waals surface area contributed by atoms with E-state index in [9.17, 15) is 0 Å². The van der Waals surface area contributed by atoms with E-state index in [4.69, 9.17) is 5.73 Å². The number of nitrogens with zero attached hydrogens (tertiary/aromatic N) is 1. The fourth-order valence-electron chi connectivity index (χ4n) is 2.30. The van der Waals surface area contributed by atoms with Crippen LogP contribution in [0, 0.1) is 6.92 Å². The van der Waals surface area contributed by atoms with Crippen molar-refractivity contribution in [3.63, 3.8) is 0 Å². The lowest BCUT2D eigenvalue weighted by molar-refractivity contribution is 0.835. The predicted octanol–water partition coefficient (Wildman–Crippen LogP) is 4.95. The zero-order chi connectivity index (χ0) is 14.2.